The molecule has 0 fully saturated rings. The molecule has 0 aliphatic heterocycles. The second-order valence-electron chi connectivity index (χ2n) is 8.20. The van der Waals surface area contributed by atoms with Crippen LogP contribution in [0.4, 0.5) is 17.1 Å². The number of anilines is 3. The van der Waals surface area contributed by atoms with Gasteiger partial charge >= 0.3 is 0 Å². The van der Waals surface area contributed by atoms with Crippen molar-refractivity contribution in [2.45, 2.75) is 13.0 Å². The maximum Gasteiger partial charge on any atom is 0.133 e. The number of benzene rings is 4. The first-order chi connectivity index (χ1) is 16.7. The van der Waals surface area contributed by atoms with E-state index in [1.807, 2.05) is 91.1 Å². The Balaban J connectivity index is 1.74. The Labute approximate surface area is 200 Å². The number of hydrogen-bond acceptors (Lipinski definition) is 3. The van der Waals surface area contributed by atoms with Gasteiger partial charge in [-0.2, -0.15) is 0 Å². The van der Waals surface area contributed by atoms with Crippen molar-refractivity contribution in [2.75, 3.05) is 10.2 Å². The number of para-hydroxylation sites is 1. The molecule has 4 nitrogen and oxygen atoms in total. The number of nitrogens with one attached hydrogen (secondary N) is 2. The number of rotatable bonds is 6. The summed E-state index contributed by atoms with van der Waals surface area (Å²) in [6.45, 7) is 2.14. The van der Waals surface area contributed by atoms with Gasteiger partial charge < -0.3 is 10.2 Å². The van der Waals surface area contributed by atoms with Gasteiger partial charge in [0.05, 0.1) is 22.9 Å². The number of aromatic nitrogens is 1. The first-order valence-electron chi connectivity index (χ1n) is 11.4. The topological polar surface area (TPSA) is 52.0 Å². The summed E-state index contributed by atoms with van der Waals surface area (Å²) in [6.07, 6.45) is 1.82. The standard InChI is InChI=1S/C30H26N4/c1-22(23-12-5-2-6-13-23)34(30(31)25-14-7-3-8-15-25)29-27(33-26-17-9-4-10-18-26)20-19-24-16-11-21-32-28(24)29/h2-22,31,33H,1H3. The average molecular weight is 443 g/mol. The van der Waals surface area contributed by atoms with Gasteiger partial charge in [-0.15, -0.1) is 0 Å². The summed E-state index contributed by atoms with van der Waals surface area (Å²) in [5, 5.41) is 13.9. The number of nitrogens with zero attached hydrogens (tertiary/aromatic N) is 2. The highest BCUT2D eigenvalue weighted by Crippen LogP contribution is 2.40. The van der Waals surface area contributed by atoms with Crippen LogP contribution in [0.15, 0.2) is 121 Å². The lowest BCUT2D eigenvalue weighted by Crippen LogP contribution is -2.34. The molecule has 1 heterocycles. The predicted octanol–water partition coefficient (Wildman–Crippen LogP) is 7.57. The molecule has 2 N–H and O–H groups in total. The van der Waals surface area contributed by atoms with E-state index in [4.69, 9.17) is 4.98 Å². The number of hydrogen-bond donors (Lipinski definition) is 2. The van der Waals surface area contributed by atoms with E-state index in [0.29, 0.717) is 5.84 Å². The molecule has 4 aromatic carbocycles. The summed E-state index contributed by atoms with van der Waals surface area (Å²) < 4.78 is 0. The Morgan fingerprint density at radius 3 is 2.12 bits per heavy atom. The second kappa shape index (κ2) is 9.59. The summed E-state index contributed by atoms with van der Waals surface area (Å²) in [4.78, 5) is 6.87. The van der Waals surface area contributed by atoms with E-state index in [-0.39, 0.29) is 6.04 Å². The first-order valence-corrected chi connectivity index (χ1v) is 11.4. The molecule has 5 aromatic rings. The zero-order valence-electron chi connectivity index (χ0n) is 19.0. The van der Waals surface area contributed by atoms with Gasteiger partial charge in [0.25, 0.3) is 0 Å². The Hall–Kier alpha value is -4.44. The molecular formula is C30H26N4. The zero-order valence-corrected chi connectivity index (χ0v) is 19.0. The molecule has 1 aromatic heterocycles. The second-order valence-corrected chi connectivity index (χ2v) is 8.20. The Bertz CT molecular complexity index is 1400. The van der Waals surface area contributed by atoms with Crippen LogP contribution in [-0.2, 0) is 0 Å². The fraction of sp³-hybridized carbons (Fsp3) is 0.0667. The van der Waals surface area contributed by atoms with E-state index in [0.717, 1.165) is 39.1 Å². The minimum Gasteiger partial charge on any atom is -0.354 e. The lowest BCUT2D eigenvalue weighted by molar-refractivity contribution is 0.791. The van der Waals surface area contributed by atoms with Crippen LogP contribution in [0.25, 0.3) is 10.9 Å². The van der Waals surface area contributed by atoms with E-state index in [1.165, 1.54) is 0 Å². The highest BCUT2D eigenvalue weighted by atomic mass is 15.2. The summed E-state index contributed by atoms with van der Waals surface area (Å²) in [5.41, 5.74) is 5.60. The summed E-state index contributed by atoms with van der Waals surface area (Å²) >= 11 is 0. The van der Waals surface area contributed by atoms with Crippen LogP contribution in [0.2, 0.25) is 0 Å². The molecule has 0 saturated heterocycles. The SMILES string of the molecule is CC(c1ccccc1)N(C(=N)c1ccccc1)c1c(Nc2ccccc2)ccc2cccnc12. The molecule has 0 spiro atoms. The van der Waals surface area contributed by atoms with Crippen molar-refractivity contribution < 1.29 is 0 Å². The quantitative estimate of drug-likeness (QED) is 0.211. The van der Waals surface area contributed by atoms with E-state index in [2.05, 4.69) is 47.5 Å². The molecule has 0 aliphatic carbocycles. The van der Waals surface area contributed by atoms with E-state index >= 15 is 0 Å². The molecular weight excluding hydrogens is 416 g/mol. The zero-order chi connectivity index (χ0) is 23.3. The molecule has 166 valence electrons. The molecule has 1 atom stereocenters. The largest absolute Gasteiger partial charge is 0.354 e. The van der Waals surface area contributed by atoms with E-state index in [1.54, 1.807) is 0 Å². The lowest BCUT2D eigenvalue weighted by atomic mass is 10.0. The van der Waals surface area contributed by atoms with Crippen molar-refractivity contribution in [3.05, 3.63) is 133 Å². The van der Waals surface area contributed by atoms with Crippen molar-refractivity contribution in [3.63, 3.8) is 0 Å². The monoisotopic (exact) mass is 442 g/mol. The maximum atomic E-state index is 9.33. The third-order valence-corrected chi connectivity index (χ3v) is 6.00. The number of amidine groups is 1. The van der Waals surface area contributed by atoms with Crippen LogP contribution in [0.1, 0.15) is 24.1 Å². The highest BCUT2D eigenvalue weighted by Gasteiger charge is 2.27. The summed E-state index contributed by atoms with van der Waals surface area (Å²) in [5.74, 6) is 0.422. The number of fused-ring (bicyclic) bond motifs is 1. The predicted molar refractivity (Wildman–Crippen MR) is 142 cm³/mol. The Morgan fingerprint density at radius 1 is 0.765 bits per heavy atom. The van der Waals surface area contributed by atoms with Crippen LogP contribution in [-0.4, -0.2) is 10.8 Å². The van der Waals surface area contributed by atoms with Crippen LogP contribution in [0.5, 0.6) is 0 Å². The smallest absolute Gasteiger partial charge is 0.133 e. The molecule has 0 aliphatic rings. The van der Waals surface area contributed by atoms with Gasteiger partial charge in [0.15, 0.2) is 0 Å². The van der Waals surface area contributed by atoms with Gasteiger partial charge in [0, 0.05) is 22.8 Å². The minimum atomic E-state index is -0.0992. The van der Waals surface area contributed by atoms with Crippen molar-refractivity contribution >= 4 is 33.8 Å². The summed E-state index contributed by atoms with van der Waals surface area (Å²) in [7, 11) is 0. The fourth-order valence-electron chi connectivity index (χ4n) is 4.27. The minimum absolute atomic E-state index is 0.0992. The molecule has 0 bridgehead atoms. The Kier molecular flexibility index (Phi) is 6.04. The van der Waals surface area contributed by atoms with Gasteiger partial charge in [-0.05, 0) is 36.8 Å². The van der Waals surface area contributed by atoms with Crippen molar-refractivity contribution in [2.24, 2.45) is 0 Å². The normalized spacial score (nSPS) is 11.7. The van der Waals surface area contributed by atoms with Gasteiger partial charge in [-0.3, -0.25) is 10.4 Å². The summed E-state index contributed by atoms with van der Waals surface area (Å²) in [6, 6.07) is 38.4. The third-order valence-electron chi connectivity index (χ3n) is 6.00. The maximum absolute atomic E-state index is 9.33. The third kappa shape index (κ3) is 4.26. The van der Waals surface area contributed by atoms with Gasteiger partial charge in [-0.25, -0.2) is 0 Å². The Morgan fingerprint density at radius 2 is 1.41 bits per heavy atom. The molecule has 34 heavy (non-hydrogen) atoms. The van der Waals surface area contributed by atoms with Crippen molar-refractivity contribution in [1.82, 2.24) is 4.98 Å². The number of pyridine rings is 1. The molecule has 0 saturated carbocycles. The highest BCUT2D eigenvalue weighted by molar-refractivity contribution is 6.14. The molecule has 0 amide bonds. The molecule has 4 heteroatoms. The lowest BCUT2D eigenvalue weighted by Gasteiger charge is -2.34. The van der Waals surface area contributed by atoms with Crippen LogP contribution in [0, 0.1) is 5.41 Å². The van der Waals surface area contributed by atoms with E-state index < -0.39 is 0 Å². The first kappa shape index (κ1) is 21.4. The molecule has 1 unspecified atom stereocenters. The van der Waals surface area contributed by atoms with Gasteiger partial charge in [-0.1, -0.05) is 91.0 Å². The van der Waals surface area contributed by atoms with Crippen molar-refractivity contribution in [3.8, 4) is 0 Å². The van der Waals surface area contributed by atoms with Crippen LogP contribution < -0.4 is 10.2 Å². The van der Waals surface area contributed by atoms with Crippen LogP contribution >= 0.6 is 0 Å². The molecule has 0 radical (unpaired) electrons. The average Bonchev–Trinajstić information content (AvgIpc) is 2.91. The van der Waals surface area contributed by atoms with Crippen molar-refractivity contribution in [1.29, 1.82) is 5.41 Å². The van der Waals surface area contributed by atoms with E-state index in [9.17, 15) is 5.41 Å². The van der Waals surface area contributed by atoms with Gasteiger partial charge in [0.2, 0.25) is 0 Å². The fourth-order valence-corrected chi connectivity index (χ4v) is 4.27. The van der Waals surface area contributed by atoms with Crippen LogP contribution in [0.3, 0.4) is 0 Å². The molecule has 5 rings (SSSR count). The van der Waals surface area contributed by atoms with Gasteiger partial charge in [0.1, 0.15) is 5.84 Å².